The van der Waals surface area contributed by atoms with E-state index in [1.807, 2.05) is 0 Å². The van der Waals surface area contributed by atoms with Crippen LogP contribution in [0.3, 0.4) is 0 Å². The molecular formula is C9H10N2O3. The van der Waals surface area contributed by atoms with Crippen LogP contribution < -0.4 is 5.06 Å². The van der Waals surface area contributed by atoms with Crippen molar-refractivity contribution in [3.63, 3.8) is 0 Å². The Kier molecular flexibility index (Phi) is 1.98. The minimum Gasteiger partial charge on any atom is -0.268 e. The first-order valence-corrected chi connectivity index (χ1v) is 4.23. The van der Waals surface area contributed by atoms with Crippen molar-refractivity contribution in [3.05, 3.63) is 24.4 Å². The summed E-state index contributed by atoms with van der Waals surface area (Å²) < 4.78 is 0. The SMILES string of the molecule is CC1(C)OON(c2ccccn2)C1=O. The molecule has 1 saturated heterocycles. The van der Waals surface area contributed by atoms with Gasteiger partial charge in [0.2, 0.25) is 0 Å². The molecule has 0 aromatic carbocycles. The first-order chi connectivity index (χ1) is 6.61. The Hall–Kier alpha value is -1.46. The summed E-state index contributed by atoms with van der Waals surface area (Å²) in [7, 11) is 0. The maximum absolute atomic E-state index is 11.7. The lowest BCUT2D eigenvalue weighted by atomic mass is 10.1. The average Bonchev–Trinajstić information content (AvgIpc) is 2.44. The van der Waals surface area contributed by atoms with Gasteiger partial charge < -0.3 is 0 Å². The van der Waals surface area contributed by atoms with E-state index in [0.29, 0.717) is 5.82 Å². The second-order valence-corrected chi connectivity index (χ2v) is 3.46. The molecule has 0 aliphatic carbocycles. The van der Waals surface area contributed by atoms with Crippen LogP contribution in [0.25, 0.3) is 0 Å². The van der Waals surface area contributed by atoms with E-state index in [2.05, 4.69) is 4.98 Å². The number of carbonyl (C=O) groups excluding carboxylic acids is 1. The number of hydroxylamine groups is 1. The summed E-state index contributed by atoms with van der Waals surface area (Å²) in [5.74, 6) is 0.152. The third-order valence-electron chi connectivity index (χ3n) is 1.88. The monoisotopic (exact) mass is 194 g/mol. The smallest absolute Gasteiger partial charge is 0.268 e. The first kappa shape index (κ1) is 9.11. The zero-order chi connectivity index (χ0) is 10.2. The van der Waals surface area contributed by atoms with Crippen LogP contribution in [-0.2, 0) is 14.7 Å². The number of amides is 1. The van der Waals surface area contributed by atoms with Crippen molar-refractivity contribution < 1.29 is 14.7 Å². The highest BCUT2D eigenvalue weighted by molar-refractivity contribution is 5.97. The summed E-state index contributed by atoms with van der Waals surface area (Å²) in [6, 6.07) is 5.20. The van der Waals surface area contributed by atoms with Crippen molar-refractivity contribution in [2.45, 2.75) is 19.4 Å². The summed E-state index contributed by atoms with van der Waals surface area (Å²) in [5, 5.41) is 1.04. The van der Waals surface area contributed by atoms with Crippen LogP contribution in [0.2, 0.25) is 0 Å². The second kappa shape index (κ2) is 3.04. The lowest BCUT2D eigenvalue weighted by Crippen LogP contribution is -2.35. The molecule has 1 aliphatic rings. The summed E-state index contributed by atoms with van der Waals surface area (Å²) in [6.07, 6.45) is 1.58. The molecule has 0 saturated carbocycles. The Morgan fingerprint density at radius 2 is 2.21 bits per heavy atom. The van der Waals surface area contributed by atoms with Gasteiger partial charge in [-0.1, -0.05) is 6.07 Å². The fourth-order valence-electron chi connectivity index (χ4n) is 1.06. The third-order valence-corrected chi connectivity index (χ3v) is 1.88. The minimum absolute atomic E-state index is 0.267. The van der Waals surface area contributed by atoms with Gasteiger partial charge in [-0.15, -0.1) is 10.1 Å². The average molecular weight is 194 g/mol. The van der Waals surface area contributed by atoms with Crippen molar-refractivity contribution in [3.8, 4) is 0 Å². The highest BCUT2D eigenvalue weighted by Crippen LogP contribution is 2.26. The molecule has 74 valence electrons. The van der Waals surface area contributed by atoms with E-state index in [-0.39, 0.29) is 5.91 Å². The van der Waals surface area contributed by atoms with E-state index in [1.165, 1.54) is 0 Å². The molecule has 5 heteroatoms. The van der Waals surface area contributed by atoms with Gasteiger partial charge >= 0.3 is 0 Å². The van der Waals surface area contributed by atoms with Gasteiger partial charge in [-0.05, 0) is 26.0 Å². The number of rotatable bonds is 1. The fourth-order valence-corrected chi connectivity index (χ4v) is 1.06. The number of aromatic nitrogens is 1. The summed E-state index contributed by atoms with van der Waals surface area (Å²) in [5.41, 5.74) is -0.947. The van der Waals surface area contributed by atoms with Crippen LogP contribution in [0.1, 0.15) is 13.8 Å². The summed E-state index contributed by atoms with van der Waals surface area (Å²) in [4.78, 5) is 25.3. The van der Waals surface area contributed by atoms with Gasteiger partial charge in [-0.2, -0.15) is 4.89 Å². The van der Waals surface area contributed by atoms with E-state index < -0.39 is 5.60 Å². The molecule has 0 spiro atoms. The Balaban J connectivity index is 2.27. The predicted molar refractivity (Wildman–Crippen MR) is 48.0 cm³/mol. The van der Waals surface area contributed by atoms with E-state index in [4.69, 9.17) is 9.88 Å². The first-order valence-electron chi connectivity index (χ1n) is 4.23. The van der Waals surface area contributed by atoms with Gasteiger partial charge in [-0.25, -0.2) is 4.98 Å². The molecule has 5 nitrogen and oxygen atoms in total. The second-order valence-electron chi connectivity index (χ2n) is 3.46. The fraction of sp³-hybridized carbons (Fsp3) is 0.333. The Morgan fingerprint density at radius 1 is 1.43 bits per heavy atom. The molecule has 0 unspecified atom stereocenters. The largest absolute Gasteiger partial charge is 0.289 e. The van der Waals surface area contributed by atoms with Crippen LogP contribution in [0, 0.1) is 0 Å². The molecule has 2 rings (SSSR count). The summed E-state index contributed by atoms with van der Waals surface area (Å²) >= 11 is 0. The number of hydrogen-bond acceptors (Lipinski definition) is 4. The quantitative estimate of drug-likeness (QED) is 0.627. The topological polar surface area (TPSA) is 51.7 Å². The molecule has 1 aliphatic heterocycles. The highest BCUT2D eigenvalue weighted by Gasteiger charge is 2.44. The molecule has 0 bridgehead atoms. The maximum atomic E-state index is 11.7. The molecule has 1 aromatic rings. The van der Waals surface area contributed by atoms with Crippen LogP contribution in [0.4, 0.5) is 5.82 Å². The Labute approximate surface area is 81.1 Å². The van der Waals surface area contributed by atoms with Gasteiger partial charge in [0.05, 0.1) is 0 Å². The Bertz CT molecular complexity index is 350. The molecule has 1 fully saturated rings. The zero-order valence-corrected chi connectivity index (χ0v) is 7.93. The third kappa shape index (κ3) is 1.36. The number of pyridine rings is 1. The van der Waals surface area contributed by atoms with Gasteiger partial charge in [0.15, 0.2) is 11.4 Å². The molecule has 14 heavy (non-hydrogen) atoms. The van der Waals surface area contributed by atoms with Crippen LogP contribution in [0.15, 0.2) is 24.4 Å². The van der Waals surface area contributed by atoms with Crippen molar-refractivity contribution >= 4 is 11.7 Å². The van der Waals surface area contributed by atoms with Crippen LogP contribution in [-0.4, -0.2) is 16.5 Å². The minimum atomic E-state index is -0.947. The van der Waals surface area contributed by atoms with Gasteiger partial charge in [-0.3, -0.25) is 4.79 Å². The molecule has 0 N–H and O–H groups in total. The molecule has 1 amide bonds. The number of hydrogen-bond donors (Lipinski definition) is 0. The van der Waals surface area contributed by atoms with Crippen molar-refractivity contribution in [2.75, 3.05) is 5.06 Å². The molecular weight excluding hydrogens is 184 g/mol. The van der Waals surface area contributed by atoms with Gasteiger partial charge in [0.1, 0.15) is 0 Å². The number of anilines is 1. The lowest BCUT2D eigenvalue weighted by molar-refractivity contribution is -0.306. The van der Waals surface area contributed by atoms with Crippen molar-refractivity contribution in [1.29, 1.82) is 0 Å². The van der Waals surface area contributed by atoms with Crippen molar-refractivity contribution in [1.82, 2.24) is 4.98 Å². The standard InChI is InChI=1S/C9H10N2O3/c1-9(2)8(12)11(14-13-9)7-5-3-4-6-10-7/h3-6H,1-2H3. The van der Waals surface area contributed by atoms with E-state index >= 15 is 0 Å². The Morgan fingerprint density at radius 3 is 2.71 bits per heavy atom. The maximum Gasteiger partial charge on any atom is 0.289 e. The van der Waals surface area contributed by atoms with E-state index in [0.717, 1.165) is 5.06 Å². The van der Waals surface area contributed by atoms with Crippen molar-refractivity contribution in [2.24, 2.45) is 0 Å². The molecule has 0 atom stereocenters. The number of carbonyl (C=O) groups is 1. The lowest BCUT2D eigenvalue weighted by Gasteiger charge is -2.10. The van der Waals surface area contributed by atoms with Crippen LogP contribution >= 0.6 is 0 Å². The molecule has 2 heterocycles. The van der Waals surface area contributed by atoms with E-state index in [9.17, 15) is 4.79 Å². The highest BCUT2D eigenvalue weighted by atomic mass is 17.3. The van der Waals surface area contributed by atoms with Crippen LogP contribution in [0.5, 0.6) is 0 Å². The zero-order valence-electron chi connectivity index (χ0n) is 7.93. The molecule has 1 aromatic heterocycles. The van der Waals surface area contributed by atoms with Gasteiger partial charge in [0.25, 0.3) is 5.91 Å². The summed E-state index contributed by atoms with van der Waals surface area (Å²) in [6.45, 7) is 3.27. The molecule has 0 radical (unpaired) electrons. The van der Waals surface area contributed by atoms with Gasteiger partial charge in [0, 0.05) is 6.20 Å². The van der Waals surface area contributed by atoms with E-state index in [1.54, 1.807) is 38.2 Å². The normalized spacial score (nSPS) is 20.1. The number of nitrogens with zero attached hydrogens (tertiary/aromatic N) is 2. The predicted octanol–water partition coefficient (Wildman–Crippen LogP) is 1.07.